The van der Waals surface area contributed by atoms with Crippen molar-refractivity contribution in [3.05, 3.63) is 53.9 Å². The zero-order valence-electron chi connectivity index (χ0n) is 8.47. The van der Waals surface area contributed by atoms with E-state index in [4.69, 9.17) is 0 Å². The molecule has 1 aromatic heterocycles. The Balaban J connectivity index is 2.64. The van der Waals surface area contributed by atoms with Crippen LogP contribution >= 0.6 is 0 Å². The van der Waals surface area contributed by atoms with Crippen LogP contribution in [0.3, 0.4) is 0 Å². The number of pyridine rings is 1. The highest BCUT2D eigenvalue weighted by atomic mass is 16.1. The number of nitrogens with zero attached hydrogens (tertiary/aromatic N) is 1. The van der Waals surface area contributed by atoms with Gasteiger partial charge in [-0.2, -0.15) is 0 Å². The van der Waals surface area contributed by atoms with E-state index in [0.717, 1.165) is 23.0 Å². The highest BCUT2D eigenvalue weighted by molar-refractivity contribution is 5.85. The molecule has 1 heterocycles. The molecule has 0 bridgehead atoms. The molecule has 1 aromatic carbocycles. The number of hydrogen-bond donors (Lipinski definition) is 0. The Bertz CT molecular complexity index is 491. The number of aryl methyl sites for hydroxylation is 1. The van der Waals surface area contributed by atoms with Crippen molar-refractivity contribution in [2.75, 3.05) is 0 Å². The first-order valence-corrected chi connectivity index (χ1v) is 4.79. The Morgan fingerprint density at radius 1 is 1.07 bits per heavy atom. The average Bonchev–Trinajstić information content (AvgIpc) is 2.30. The molecular weight excluding hydrogens is 186 g/mol. The first kappa shape index (κ1) is 9.59. The van der Waals surface area contributed by atoms with E-state index in [1.54, 1.807) is 6.20 Å². The van der Waals surface area contributed by atoms with Gasteiger partial charge in [-0.1, -0.05) is 30.3 Å². The molecule has 0 spiro atoms. The van der Waals surface area contributed by atoms with E-state index in [0.29, 0.717) is 5.69 Å². The number of aromatic nitrogens is 1. The third-order valence-corrected chi connectivity index (χ3v) is 2.39. The molecule has 15 heavy (non-hydrogen) atoms. The first-order chi connectivity index (χ1) is 7.33. The lowest BCUT2D eigenvalue weighted by molar-refractivity contribution is 0.111. The molecule has 0 saturated carbocycles. The standard InChI is InChI=1S/C13H11NO/c1-10-5-2-3-6-11(10)12-7-4-8-14-13(12)9-15/h2-9H,1H3. The van der Waals surface area contributed by atoms with Crippen LogP contribution in [0.1, 0.15) is 16.1 Å². The second-order valence-electron chi connectivity index (χ2n) is 3.37. The van der Waals surface area contributed by atoms with Crippen LogP contribution in [0.2, 0.25) is 0 Å². The van der Waals surface area contributed by atoms with Gasteiger partial charge in [0.15, 0.2) is 6.29 Å². The Morgan fingerprint density at radius 2 is 1.80 bits per heavy atom. The van der Waals surface area contributed by atoms with E-state index < -0.39 is 0 Å². The zero-order valence-corrected chi connectivity index (χ0v) is 8.47. The number of carbonyl (C=O) groups excluding carboxylic acids is 1. The summed E-state index contributed by atoms with van der Waals surface area (Å²) in [6.07, 6.45) is 2.42. The van der Waals surface area contributed by atoms with Gasteiger partial charge in [-0.3, -0.25) is 9.78 Å². The van der Waals surface area contributed by atoms with Gasteiger partial charge in [-0.05, 0) is 24.1 Å². The predicted molar refractivity (Wildman–Crippen MR) is 59.8 cm³/mol. The third kappa shape index (κ3) is 1.79. The maximum absolute atomic E-state index is 10.8. The Morgan fingerprint density at radius 3 is 2.53 bits per heavy atom. The number of aldehydes is 1. The van der Waals surface area contributed by atoms with Gasteiger partial charge < -0.3 is 0 Å². The molecule has 0 saturated heterocycles. The van der Waals surface area contributed by atoms with Gasteiger partial charge in [-0.25, -0.2) is 0 Å². The van der Waals surface area contributed by atoms with E-state index in [9.17, 15) is 4.79 Å². The summed E-state index contributed by atoms with van der Waals surface area (Å²) in [6.45, 7) is 2.02. The van der Waals surface area contributed by atoms with Gasteiger partial charge in [0, 0.05) is 11.8 Å². The second-order valence-corrected chi connectivity index (χ2v) is 3.37. The second kappa shape index (κ2) is 4.05. The van der Waals surface area contributed by atoms with Crippen LogP contribution < -0.4 is 0 Å². The maximum atomic E-state index is 10.8. The summed E-state index contributed by atoms with van der Waals surface area (Å²) >= 11 is 0. The van der Waals surface area contributed by atoms with Crippen LogP contribution in [0.5, 0.6) is 0 Å². The number of hydrogen-bond acceptors (Lipinski definition) is 2. The van der Waals surface area contributed by atoms with Crippen molar-refractivity contribution >= 4 is 6.29 Å². The molecule has 74 valence electrons. The van der Waals surface area contributed by atoms with Gasteiger partial charge in [0.25, 0.3) is 0 Å². The van der Waals surface area contributed by atoms with Crippen molar-refractivity contribution < 1.29 is 4.79 Å². The lowest BCUT2D eigenvalue weighted by Crippen LogP contribution is -1.92. The highest BCUT2D eigenvalue weighted by Crippen LogP contribution is 2.24. The van der Waals surface area contributed by atoms with Crippen molar-refractivity contribution in [1.82, 2.24) is 4.98 Å². The molecule has 0 unspecified atom stereocenters. The molecule has 2 rings (SSSR count). The van der Waals surface area contributed by atoms with Crippen molar-refractivity contribution in [3.8, 4) is 11.1 Å². The van der Waals surface area contributed by atoms with Crippen molar-refractivity contribution in [2.45, 2.75) is 6.92 Å². The SMILES string of the molecule is Cc1ccccc1-c1cccnc1C=O. The quantitative estimate of drug-likeness (QED) is 0.693. The zero-order chi connectivity index (χ0) is 10.7. The smallest absolute Gasteiger partial charge is 0.169 e. The molecule has 0 N–H and O–H groups in total. The summed E-state index contributed by atoms with van der Waals surface area (Å²) in [5, 5.41) is 0. The monoisotopic (exact) mass is 197 g/mol. The van der Waals surface area contributed by atoms with E-state index in [1.165, 1.54) is 0 Å². The van der Waals surface area contributed by atoms with Gasteiger partial charge >= 0.3 is 0 Å². The van der Waals surface area contributed by atoms with E-state index in [1.807, 2.05) is 43.3 Å². The minimum absolute atomic E-state index is 0.492. The topological polar surface area (TPSA) is 30.0 Å². The maximum Gasteiger partial charge on any atom is 0.169 e. The summed E-state index contributed by atoms with van der Waals surface area (Å²) in [4.78, 5) is 14.9. The Kier molecular flexibility index (Phi) is 2.59. The molecular formula is C13H11NO. The fourth-order valence-electron chi connectivity index (χ4n) is 1.61. The van der Waals surface area contributed by atoms with Gasteiger partial charge in [0.05, 0.1) is 0 Å². The highest BCUT2D eigenvalue weighted by Gasteiger charge is 2.06. The molecule has 0 radical (unpaired) electrons. The predicted octanol–water partition coefficient (Wildman–Crippen LogP) is 2.87. The van der Waals surface area contributed by atoms with Crippen molar-refractivity contribution in [3.63, 3.8) is 0 Å². The molecule has 0 atom stereocenters. The minimum atomic E-state index is 0.492. The molecule has 0 fully saturated rings. The molecule has 0 aliphatic heterocycles. The van der Waals surface area contributed by atoms with Crippen molar-refractivity contribution in [1.29, 1.82) is 0 Å². The first-order valence-electron chi connectivity index (χ1n) is 4.79. The van der Waals surface area contributed by atoms with E-state index in [2.05, 4.69) is 4.98 Å². The van der Waals surface area contributed by atoms with E-state index >= 15 is 0 Å². The van der Waals surface area contributed by atoms with Crippen LogP contribution in [0.25, 0.3) is 11.1 Å². The summed E-state index contributed by atoms with van der Waals surface area (Å²) in [7, 11) is 0. The van der Waals surface area contributed by atoms with Gasteiger partial charge in [-0.15, -0.1) is 0 Å². The molecule has 0 amide bonds. The number of rotatable bonds is 2. The van der Waals surface area contributed by atoms with Crippen LogP contribution in [-0.4, -0.2) is 11.3 Å². The molecule has 2 aromatic rings. The summed E-state index contributed by atoms with van der Waals surface area (Å²) in [5.74, 6) is 0. The van der Waals surface area contributed by atoms with Crippen LogP contribution in [-0.2, 0) is 0 Å². The molecule has 2 heteroatoms. The lowest BCUT2D eigenvalue weighted by atomic mass is 10.00. The number of carbonyl (C=O) groups is 1. The minimum Gasteiger partial charge on any atom is -0.296 e. The normalized spacial score (nSPS) is 9.93. The summed E-state index contributed by atoms with van der Waals surface area (Å²) in [6, 6.07) is 11.7. The third-order valence-electron chi connectivity index (χ3n) is 2.39. The molecule has 0 aliphatic rings. The summed E-state index contributed by atoms with van der Waals surface area (Å²) < 4.78 is 0. The van der Waals surface area contributed by atoms with E-state index in [-0.39, 0.29) is 0 Å². The Hall–Kier alpha value is -1.96. The molecule has 0 aliphatic carbocycles. The lowest BCUT2D eigenvalue weighted by Gasteiger charge is -2.06. The van der Waals surface area contributed by atoms with Crippen LogP contribution in [0.4, 0.5) is 0 Å². The fourth-order valence-corrected chi connectivity index (χ4v) is 1.61. The average molecular weight is 197 g/mol. The Labute approximate surface area is 88.6 Å². The van der Waals surface area contributed by atoms with Crippen LogP contribution in [0.15, 0.2) is 42.6 Å². The van der Waals surface area contributed by atoms with Gasteiger partial charge in [0.2, 0.25) is 0 Å². The van der Waals surface area contributed by atoms with Gasteiger partial charge in [0.1, 0.15) is 5.69 Å². The number of benzene rings is 1. The fraction of sp³-hybridized carbons (Fsp3) is 0.0769. The summed E-state index contributed by atoms with van der Waals surface area (Å²) in [5.41, 5.74) is 3.60. The van der Waals surface area contributed by atoms with Crippen LogP contribution in [0, 0.1) is 6.92 Å². The molecule has 2 nitrogen and oxygen atoms in total. The van der Waals surface area contributed by atoms with Crippen molar-refractivity contribution in [2.24, 2.45) is 0 Å². The largest absolute Gasteiger partial charge is 0.296 e.